The summed E-state index contributed by atoms with van der Waals surface area (Å²) in [6.45, 7) is 1.24. The second kappa shape index (κ2) is 18.7. The molecule has 0 amide bonds. The van der Waals surface area contributed by atoms with E-state index in [-0.39, 0.29) is 37.6 Å². The number of aliphatic hydroxyl groups excluding tert-OH is 2. The Bertz CT molecular complexity index is 435. The third-order valence-electron chi connectivity index (χ3n) is 3.85. The molecule has 9 heteroatoms. The monoisotopic (exact) mass is 406 g/mol. The Hall–Kier alpha value is 0.300. The van der Waals surface area contributed by atoms with Crippen LogP contribution in [0.2, 0.25) is 0 Å². The van der Waals surface area contributed by atoms with E-state index in [9.17, 15) is 13.2 Å². The van der Waals surface area contributed by atoms with E-state index >= 15 is 0 Å². The van der Waals surface area contributed by atoms with Crippen molar-refractivity contribution in [3.8, 4) is 0 Å². The number of aliphatic hydroxyl groups is 2. The van der Waals surface area contributed by atoms with E-state index < -0.39 is 29.1 Å². The maximum absolute atomic E-state index is 11.3. The van der Waals surface area contributed by atoms with Crippen LogP contribution in [0.5, 0.6) is 0 Å². The second-order valence-corrected chi connectivity index (χ2v) is 7.44. The van der Waals surface area contributed by atoms with Gasteiger partial charge in [-0.05, 0) is 6.42 Å². The topological polar surface area (TPSA) is 110 Å². The maximum atomic E-state index is 11.3. The molecule has 7 nitrogen and oxygen atoms in total. The van der Waals surface area contributed by atoms with E-state index in [1.165, 1.54) is 51.4 Å². The number of hydrogen-bond donors (Lipinski definition) is 2. The minimum absolute atomic E-state index is 0. The predicted molar refractivity (Wildman–Crippen MR) is 96.2 cm³/mol. The van der Waals surface area contributed by atoms with Gasteiger partial charge in [0, 0.05) is 0 Å². The minimum atomic E-state index is -4.47. The van der Waals surface area contributed by atoms with Crippen LogP contribution in [0.4, 0.5) is 0 Å². The van der Waals surface area contributed by atoms with Crippen molar-refractivity contribution in [1.29, 1.82) is 0 Å². The summed E-state index contributed by atoms with van der Waals surface area (Å²) in [7, 11) is -4.47. The molecule has 0 saturated heterocycles. The Morgan fingerprint density at radius 3 is 1.77 bits per heavy atom. The summed E-state index contributed by atoms with van der Waals surface area (Å²) in [4.78, 5) is 11.0. The maximum Gasteiger partial charge on any atom is 1.00 e. The minimum Gasteiger partial charge on any atom is -1.00 e. The van der Waals surface area contributed by atoms with E-state index in [1.54, 1.807) is 0 Å². The molecule has 152 valence electrons. The molecule has 0 saturated carbocycles. The van der Waals surface area contributed by atoms with Crippen LogP contribution in [-0.2, 0) is 23.6 Å². The van der Waals surface area contributed by atoms with Crippen molar-refractivity contribution in [3.05, 3.63) is 0 Å². The Labute approximate surface area is 181 Å². The van der Waals surface area contributed by atoms with Crippen LogP contribution >= 0.6 is 0 Å². The molecular weight excluding hydrogens is 371 g/mol. The molecule has 0 aromatic heterocycles. The van der Waals surface area contributed by atoms with Gasteiger partial charge in [0.05, 0.1) is 13.2 Å². The van der Waals surface area contributed by atoms with Gasteiger partial charge in [-0.15, -0.1) is 0 Å². The van der Waals surface area contributed by atoms with Crippen LogP contribution in [0.15, 0.2) is 0 Å². The molecule has 0 rings (SSSR count). The quantitative estimate of drug-likeness (QED) is 0.258. The first-order valence-electron chi connectivity index (χ1n) is 9.34. The van der Waals surface area contributed by atoms with Crippen molar-refractivity contribution in [2.45, 2.75) is 90.1 Å². The zero-order valence-corrected chi connectivity index (χ0v) is 19.1. The van der Waals surface area contributed by atoms with Crippen LogP contribution in [0.25, 0.3) is 0 Å². The second-order valence-electron chi connectivity index (χ2n) is 6.22. The fraction of sp³-hybridized carbons (Fsp3) is 0.941. The van der Waals surface area contributed by atoms with Gasteiger partial charge in [-0.2, -0.15) is 8.42 Å². The molecule has 0 fully saturated rings. The molecule has 2 N–H and O–H groups in total. The molecule has 0 heterocycles. The SMILES string of the molecule is CCCCCCCCCCCCCCOS(=O)(=O)OC(=O)C(O)CO.[H-].[Na+]. The van der Waals surface area contributed by atoms with E-state index in [0.717, 1.165) is 19.3 Å². The van der Waals surface area contributed by atoms with Crippen molar-refractivity contribution in [3.63, 3.8) is 0 Å². The van der Waals surface area contributed by atoms with Crippen LogP contribution in [-0.4, -0.2) is 43.9 Å². The summed E-state index contributed by atoms with van der Waals surface area (Å²) in [6.07, 6.45) is 12.0. The number of rotatable bonds is 17. The number of unbranched alkanes of at least 4 members (excludes halogenated alkanes) is 11. The van der Waals surface area contributed by atoms with Crippen LogP contribution in [0, 0.1) is 0 Å². The van der Waals surface area contributed by atoms with Crippen LogP contribution < -0.4 is 29.6 Å². The number of hydrogen-bond acceptors (Lipinski definition) is 7. The standard InChI is InChI=1S/C17H34O7S.Na.H/c1-2-3-4-5-6-7-8-9-10-11-12-13-14-23-25(21,22)24-17(20)16(19)15-18;;/h16,18-19H,2-15H2,1H3;;/q;+1;-1. The average molecular weight is 407 g/mol. The van der Waals surface area contributed by atoms with Gasteiger partial charge in [0.2, 0.25) is 0 Å². The van der Waals surface area contributed by atoms with E-state index in [0.29, 0.717) is 6.42 Å². The summed E-state index contributed by atoms with van der Waals surface area (Å²) in [5.41, 5.74) is 0. The van der Waals surface area contributed by atoms with Crippen molar-refractivity contribution in [1.82, 2.24) is 0 Å². The van der Waals surface area contributed by atoms with Gasteiger partial charge in [0.25, 0.3) is 0 Å². The smallest absolute Gasteiger partial charge is 1.00 e. The van der Waals surface area contributed by atoms with E-state index in [4.69, 9.17) is 10.2 Å². The summed E-state index contributed by atoms with van der Waals surface area (Å²) < 4.78 is 31.1. The molecule has 0 aliphatic rings. The molecule has 0 radical (unpaired) electrons. The van der Waals surface area contributed by atoms with Crippen molar-refractivity contribution >= 4 is 16.4 Å². The zero-order valence-electron chi connectivity index (χ0n) is 17.3. The molecule has 0 aromatic rings. The van der Waals surface area contributed by atoms with Crippen molar-refractivity contribution in [2.75, 3.05) is 13.2 Å². The Kier molecular flexibility index (Phi) is 20.5. The van der Waals surface area contributed by atoms with E-state index in [1.807, 2.05) is 0 Å². The first kappa shape index (κ1) is 28.5. The van der Waals surface area contributed by atoms with Crippen LogP contribution in [0.1, 0.15) is 85.4 Å². The average Bonchev–Trinajstić information content (AvgIpc) is 2.57. The van der Waals surface area contributed by atoms with Gasteiger partial charge in [-0.3, -0.25) is 0 Å². The molecule has 1 unspecified atom stereocenters. The first-order valence-corrected chi connectivity index (χ1v) is 10.7. The van der Waals surface area contributed by atoms with Gasteiger partial charge >= 0.3 is 45.9 Å². The summed E-state index contributed by atoms with van der Waals surface area (Å²) in [5.74, 6) is -1.45. The summed E-state index contributed by atoms with van der Waals surface area (Å²) in [6, 6.07) is 0. The van der Waals surface area contributed by atoms with Gasteiger partial charge in [-0.25, -0.2) is 8.98 Å². The molecule has 0 spiro atoms. The fourth-order valence-electron chi connectivity index (χ4n) is 2.36. The third kappa shape index (κ3) is 17.7. The molecule has 0 aliphatic carbocycles. The fourth-order valence-corrected chi connectivity index (χ4v) is 3.04. The molecule has 1 atom stereocenters. The Morgan fingerprint density at radius 2 is 1.35 bits per heavy atom. The molecule has 0 aromatic carbocycles. The predicted octanol–water partition coefficient (Wildman–Crippen LogP) is -0.0382. The van der Waals surface area contributed by atoms with Crippen molar-refractivity contribution < 1.29 is 62.8 Å². The molecular formula is C17H35NaO7S. The largest absolute Gasteiger partial charge is 1.00 e. The number of carbonyl (C=O) groups is 1. The first-order chi connectivity index (χ1) is 11.9. The van der Waals surface area contributed by atoms with E-state index in [2.05, 4.69) is 15.3 Å². The molecule has 0 bridgehead atoms. The Balaban J connectivity index is -0.00000288. The van der Waals surface area contributed by atoms with Gasteiger partial charge in [0.1, 0.15) is 0 Å². The van der Waals surface area contributed by atoms with Gasteiger partial charge in [-0.1, -0.05) is 77.6 Å². The van der Waals surface area contributed by atoms with Gasteiger partial charge < -0.3 is 15.8 Å². The molecule has 0 aliphatic heterocycles. The Morgan fingerprint density at radius 1 is 0.923 bits per heavy atom. The van der Waals surface area contributed by atoms with Gasteiger partial charge in [0.15, 0.2) is 6.10 Å². The molecule has 26 heavy (non-hydrogen) atoms. The normalized spacial score (nSPS) is 12.4. The third-order valence-corrected chi connectivity index (χ3v) is 4.68. The zero-order chi connectivity index (χ0) is 19.0. The van der Waals surface area contributed by atoms with Crippen LogP contribution in [0.3, 0.4) is 0 Å². The number of carbonyl (C=O) groups excluding carboxylic acids is 1. The summed E-state index contributed by atoms with van der Waals surface area (Å²) >= 11 is 0. The van der Waals surface area contributed by atoms with Crippen molar-refractivity contribution in [2.24, 2.45) is 0 Å². The summed E-state index contributed by atoms with van der Waals surface area (Å²) in [5, 5.41) is 17.4.